The van der Waals surface area contributed by atoms with Crippen molar-refractivity contribution in [1.29, 1.82) is 0 Å². The van der Waals surface area contributed by atoms with E-state index >= 15 is 0 Å². The van der Waals surface area contributed by atoms with E-state index in [0.717, 1.165) is 0 Å². The highest BCUT2D eigenvalue weighted by molar-refractivity contribution is 7.91. The molecule has 0 aliphatic rings. The molecule has 23 heavy (non-hydrogen) atoms. The first-order valence-corrected chi connectivity index (χ1v) is 8.97. The Morgan fingerprint density at radius 2 is 1.48 bits per heavy atom. The molecule has 0 unspecified atom stereocenters. The molecule has 5 nitrogen and oxygen atoms in total. The maximum Gasteiger partial charge on any atom is 0.412 e. The highest BCUT2D eigenvalue weighted by atomic mass is 35.5. The fraction of sp³-hybridized carbons (Fsp3) is 0.133. The minimum absolute atomic E-state index is 0.0720. The van der Waals surface area contributed by atoms with E-state index in [4.69, 9.17) is 27.9 Å². The van der Waals surface area contributed by atoms with Crippen molar-refractivity contribution in [2.45, 2.75) is 4.90 Å². The summed E-state index contributed by atoms with van der Waals surface area (Å²) in [6.07, 6.45) is -0.737. The second-order valence-electron chi connectivity index (χ2n) is 4.54. The number of sulfone groups is 1. The lowest BCUT2D eigenvalue weighted by molar-refractivity contribution is 0.201. The molecule has 1 amide bonds. The molecule has 0 atom stereocenters. The molecule has 0 aromatic heterocycles. The van der Waals surface area contributed by atoms with Crippen LogP contribution in [-0.2, 0) is 9.84 Å². The van der Waals surface area contributed by atoms with Gasteiger partial charge in [0.15, 0.2) is 9.84 Å². The van der Waals surface area contributed by atoms with Gasteiger partial charge in [-0.1, -0.05) is 23.2 Å². The van der Waals surface area contributed by atoms with Gasteiger partial charge >= 0.3 is 6.09 Å². The van der Waals surface area contributed by atoms with Gasteiger partial charge in [0.05, 0.1) is 10.6 Å². The second-order valence-corrected chi connectivity index (χ2v) is 7.53. The normalized spacial score (nSPS) is 11.0. The molecule has 0 spiro atoms. The van der Waals surface area contributed by atoms with Gasteiger partial charge in [-0.25, -0.2) is 13.2 Å². The summed E-state index contributed by atoms with van der Waals surface area (Å²) in [4.78, 5) is 11.7. The minimum atomic E-state index is -3.50. The van der Waals surface area contributed by atoms with E-state index < -0.39 is 15.9 Å². The van der Waals surface area contributed by atoms with E-state index in [1.807, 2.05) is 0 Å². The molecule has 0 heterocycles. The average molecular weight is 374 g/mol. The first-order chi connectivity index (χ1) is 10.9. The van der Waals surface area contributed by atoms with E-state index in [1.54, 1.807) is 12.1 Å². The molecule has 0 aliphatic carbocycles. The zero-order chi connectivity index (χ0) is 16.9. The van der Waals surface area contributed by atoms with Crippen LogP contribution >= 0.6 is 23.2 Å². The van der Waals surface area contributed by atoms with Gasteiger partial charge in [0.1, 0.15) is 5.75 Å². The van der Waals surface area contributed by atoms with E-state index in [-0.39, 0.29) is 17.2 Å². The monoisotopic (exact) mass is 373 g/mol. The fourth-order valence-corrected chi connectivity index (χ4v) is 3.10. The molecule has 0 fully saturated rings. The number of halogens is 2. The van der Waals surface area contributed by atoms with Gasteiger partial charge in [-0.2, -0.15) is 0 Å². The van der Waals surface area contributed by atoms with Gasteiger partial charge in [0.2, 0.25) is 0 Å². The largest absolute Gasteiger partial charge is 0.412 e. The van der Waals surface area contributed by atoms with E-state index in [9.17, 15) is 13.2 Å². The third-order valence-electron chi connectivity index (χ3n) is 2.84. The van der Waals surface area contributed by atoms with Crippen molar-refractivity contribution in [3.05, 3.63) is 58.6 Å². The predicted molar refractivity (Wildman–Crippen MR) is 89.0 cm³/mol. The van der Waals surface area contributed by atoms with Gasteiger partial charge in [0, 0.05) is 16.6 Å². The van der Waals surface area contributed by atoms with Crippen molar-refractivity contribution in [2.75, 3.05) is 12.3 Å². The topological polar surface area (TPSA) is 72.5 Å². The minimum Gasteiger partial charge on any atom is -0.410 e. The number of ether oxygens (including phenoxy) is 1. The molecule has 0 saturated heterocycles. The van der Waals surface area contributed by atoms with Crippen LogP contribution in [0.5, 0.6) is 5.75 Å². The van der Waals surface area contributed by atoms with Crippen LogP contribution in [0.2, 0.25) is 10.0 Å². The number of benzene rings is 2. The van der Waals surface area contributed by atoms with Gasteiger partial charge < -0.3 is 10.1 Å². The lowest BCUT2D eigenvalue weighted by Gasteiger charge is -2.07. The number of rotatable bonds is 5. The summed E-state index contributed by atoms with van der Waals surface area (Å²) in [5, 5.41) is 3.36. The molecule has 2 aromatic carbocycles. The van der Waals surface area contributed by atoms with Crippen molar-refractivity contribution in [1.82, 2.24) is 5.32 Å². The summed E-state index contributed by atoms with van der Waals surface area (Å²) in [6.45, 7) is -0.0720. The summed E-state index contributed by atoms with van der Waals surface area (Å²) in [7, 11) is -3.50. The summed E-state index contributed by atoms with van der Waals surface area (Å²) < 4.78 is 29.1. The van der Waals surface area contributed by atoms with E-state index in [2.05, 4.69) is 5.32 Å². The maximum absolute atomic E-state index is 12.1. The number of carbonyl (C=O) groups is 1. The van der Waals surface area contributed by atoms with Crippen LogP contribution in [0.25, 0.3) is 0 Å². The summed E-state index contributed by atoms with van der Waals surface area (Å²) >= 11 is 11.4. The zero-order valence-electron chi connectivity index (χ0n) is 11.8. The van der Waals surface area contributed by atoms with Gasteiger partial charge in [-0.05, 0) is 48.5 Å². The third-order valence-corrected chi connectivity index (χ3v) is 5.07. The van der Waals surface area contributed by atoms with Crippen molar-refractivity contribution >= 4 is 39.1 Å². The quantitative estimate of drug-likeness (QED) is 0.869. The Balaban J connectivity index is 1.85. The van der Waals surface area contributed by atoms with Crippen LogP contribution in [0.4, 0.5) is 4.79 Å². The van der Waals surface area contributed by atoms with Gasteiger partial charge in [0.25, 0.3) is 0 Å². The molecule has 0 bridgehead atoms. The lowest BCUT2D eigenvalue weighted by Crippen LogP contribution is -2.31. The SMILES string of the molecule is O=C(NCCS(=O)(=O)c1ccc(Cl)cc1)Oc1ccc(Cl)cc1. The van der Waals surface area contributed by atoms with Crippen LogP contribution in [0, 0.1) is 0 Å². The van der Waals surface area contributed by atoms with Crippen molar-refractivity contribution < 1.29 is 17.9 Å². The maximum atomic E-state index is 12.1. The van der Waals surface area contributed by atoms with Crippen LogP contribution < -0.4 is 10.1 Å². The predicted octanol–water partition coefficient (Wildman–Crippen LogP) is 3.56. The Morgan fingerprint density at radius 3 is 2.04 bits per heavy atom. The molecular formula is C15H13Cl2NO4S. The molecule has 0 radical (unpaired) electrons. The number of nitrogens with one attached hydrogen (secondary N) is 1. The first kappa shape index (κ1) is 17.6. The highest BCUT2D eigenvalue weighted by Gasteiger charge is 2.15. The van der Waals surface area contributed by atoms with Crippen LogP contribution in [-0.4, -0.2) is 26.8 Å². The first-order valence-electron chi connectivity index (χ1n) is 6.56. The van der Waals surface area contributed by atoms with Crippen LogP contribution in [0.1, 0.15) is 0 Å². The molecule has 8 heteroatoms. The summed E-state index contributed by atoms with van der Waals surface area (Å²) in [5.41, 5.74) is 0. The Labute approximate surface area is 144 Å². The van der Waals surface area contributed by atoms with E-state index in [0.29, 0.717) is 15.8 Å². The third kappa shape index (κ3) is 5.42. The van der Waals surface area contributed by atoms with Gasteiger partial charge in [-0.15, -0.1) is 0 Å². The molecule has 0 aliphatic heterocycles. The zero-order valence-corrected chi connectivity index (χ0v) is 14.2. The summed E-state index contributed by atoms with van der Waals surface area (Å²) in [6, 6.07) is 12.1. The van der Waals surface area contributed by atoms with Crippen molar-refractivity contribution in [2.24, 2.45) is 0 Å². The Bertz CT molecular complexity index is 774. The van der Waals surface area contributed by atoms with Crippen LogP contribution in [0.15, 0.2) is 53.4 Å². The van der Waals surface area contributed by atoms with Gasteiger partial charge in [-0.3, -0.25) is 0 Å². The standard InChI is InChI=1S/C15H13Cl2NO4S/c16-11-1-5-13(6-2-11)22-15(19)18-9-10-23(20,21)14-7-3-12(17)4-8-14/h1-8H,9-10H2,(H,18,19). The van der Waals surface area contributed by atoms with Crippen molar-refractivity contribution in [3.8, 4) is 5.75 Å². The molecular weight excluding hydrogens is 361 g/mol. The second kappa shape index (κ2) is 7.68. The Kier molecular flexibility index (Phi) is 5.87. The highest BCUT2D eigenvalue weighted by Crippen LogP contribution is 2.16. The Morgan fingerprint density at radius 1 is 0.957 bits per heavy atom. The number of hydrogen-bond donors (Lipinski definition) is 1. The average Bonchev–Trinajstić information content (AvgIpc) is 2.50. The molecule has 0 saturated carbocycles. The smallest absolute Gasteiger partial charge is 0.410 e. The van der Waals surface area contributed by atoms with Crippen LogP contribution in [0.3, 0.4) is 0 Å². The molecule has 122 valence electrons. The molecule has 2 rings (SSSR count). The summed E-state index contributed by atoms with van der Waals surface area (Å²) in [5.74, 6) is 0.0668. The number of amides is 1. The fourth-order valence-electron chi connectivity index (χ4n) is 1.69. The number of hydrogen-bond acceptors (Lipinski definition) is 4. The molecule has 2 aromatic rings. The number of carbonyl (C=O) groups excluding carboxylic acids is 1. The van der Waals surface area contributed by atoms with Crippen molar-refractivity contribution in [3.63, 3.8) is 0 Å². The van der Waals surface area contributed by atoms with E-state index in [1.165, 1.54) is 36.4 Å². The lowest BCUT2D eigenvalue weighted by atomic mass is 10.3. The Hall–Kier alpha value is -1.76. The molecule has 1 N–H and O–H groups in total.